The van der Waals surface area contributed by atoms with Gasteiger partial charge in [-0.2, -0.15) is 0 Å². The quantitative estimate of drug-likeness (QED) is 0.862. The van der Waals surface area contributed by atoms with Crippen LogP contribution in [0.25, 0.3) is 0 Å². The molecule has 1 aliphatic rings. The molecule has 1 heterocycles. The SMILES string of the molecule is CC(C)CNCc1cnc(N(C)C2CCCC(C)C2)s1. The van der Waals surface area contributed by atoms with Gasteiger partial charge < -0.3 is 10.2 Å². The summed E-state index contributed by atoms with van der Waals surface area (Å²) in [7, 11) is 2.22. The van der Waals surface area contributed by atoms with E-state index < -0.39 is 0 Å². The fraction of sp³-hybridized carbons (Fsp3) is 0.812. The number of hydrogen-bond donors (Lipinski definition) is 1. The van der Waals surface area contributed by atoms with E-state index in [0.717, 1.165) is 19.0 Å². The van der Waals surface area contributed by atoms with Gasteiger partial charge in [-0.25, -0.2) is 4.98 Å². The molecule has 4 heteroatoms. The molecular weight excluding hydrogens is 266 g/mol. The zero-order chi connectivity index (χ0) is 14.5. The fourth-order valence-corrected chi connectivity index (χ4v) is 3.85. The van der Waals surface area contributed by atoms with E-state index in [4.69, 9.17) is 0 Å². The minimum absolute atomic E-state index is 0.682. The van der Waals surface area contributed by atoms with Gasteiger partial charge in [-0.05, 0) is 31.2 Å². The van der Waals surface area contributed by atoms with Crippen molar-refractivity contribution in [3.05, 3.63) is 11.1 Å². The predicted octanol–water partition coefficient (Wildman–Crippen LogP) is 3.90. The number of thiazole rings is 1. The number of anilines is 1. The Hall–Kier alpha value is -0.610. The van der Waals surface area contributed by atoms with Crippen LogP contribution in [0.2, 0.25) is 0 Å². The van der Waals surface area contributed by atoms with Gasteiger partial charge in [0.1, 0.15) is 0 Å². The van der Waals surface area contributed by atoms with Crippen molar-refractivity contribution in [3.8, 4) is 0 Å². The summed E-state index contributed by atoms with van der Waals surface area (Å²) in [6.07, 6.45) is 7.44. The van der Waals surface area contributed by atoms with Gasteiger partial charge in [0.2, 0.25) is 0 Å². The maximum atomic E-state index is 4.62. The molecule has 1 N–H and O–H groups in total. The maximum Gasteiger partial charge on any atom is 0.185 e. The molecule has 1 aromatic rings. The first kappa shape index (κ1) is 15.8. The molecule has 2 rings (SSSR count). The largest absolute Gasteiger partial charge is 0.348 e. The summed E-state index contributed by atoms with van der Waals surface area (Å²) in [5.41, 5.74) is 0. The first-order valence-corrected chi connectivity index (χ1v) is 8.76. The van der Waals surface area contributed by atoms with Gasteiger partial charge in [-0.15, -0.1) is 11.3 Å². The molecular formula is C16H29N3S. The zero-order valence-electron chi connectivity index (χ0n) is 13.4. The van der Waals surface area contributed by atoms with E-state index in [-0.39, 0.29) is 0 Å². The van der Waals surface area contributed by atoms with Crippen LogP contribution in [0, 0.1) is 11.8 Å². The molecule has 0 aromatic carbocycles. The Morgan fingerprint density at radius 3 is 2.95 bits per heavy atom. The lowest BCUT2D eigenvalue weighted by atomic mass is 9.86. The van der Waals surface area contributed by atoms with Crippen molar-refractivity contribution in [1.82, 2.24) is 10.3 Å². The van der Waals surface area contributed by atoms with Crippen molar-refractivity contribution in [3.63, 3.8) is 0 Å². The number of rotatable bonds is 6. The minimum atomic E-state index is 0.682. The molecule has 0 aliphatic heterocycles. The highest BCUT2D eigenvalue weighted by molar-refractivity contribution is 7.15. The van der Waals surface area contributed by atoms with Crippen LogP contribution in [0.3, 0.4) is 0 Å². The Morgan fingerprint density at radius 1 is 1.45 bits per heavy atom. The number of nitrogens with zero attached hydrogens (tertiary/aromatic N) is 2. The highest BCUT2D eigenvalue weighted by Gasteiger charge is 2.24. The summed E-state index contributed by atoms with van der Waals surface area (Å²) in [4.78, 5) is 8.37. The molecule has 0 saturated heterocycles. The van der Waals surface area contributed by atoms with Crippen LogP contribution in [0.1, 0.15) is 51.3 Å². The molecule has 0 bridgehead atoms. The topological polar surface area (TPSA) is 28.2 Å². The molecule has 20 heavy (non-hydrogen) atoms. The Morgan fingerprint density at radius 2 is 2.25 bits per heavy atom. The molecule has 114 valence electrons. The van der Waals surface area contributed by atoms with Crippen LogP contribution < -0.4 is 10.2 Å². The fourth-order valence-electron chi connectivity index (χ4n) is 2.94. The Labute approximate surface area is 127 Å². The Balaban J connectivity index is 1.87. The van der Waals surface area contributed by atoms with Crippen molar-refractivity contribution in [2.24, 2.45) is 11.8 Å². The third-order valence-corrected chi connectivity index (χ3v) is 5.24. The minimum Gasteiger partial charge on any atom is -0.348 e. The van der Waals surface area contributed by atoms with Crippen molar-refractivity contribution in [2.75, 3.05) is 18.5 Å². The van der Waals surface area contributed by atoms with Crippen LogP contribution in [-0.2, 0) is 6.54 Å². The van der Waals surface area contributed by atoms with E-state index in [1.807, 2.05) is 17.5 Å². The maximum absolute atomic E-state index is 4.62. The summed E-state index contributed by atoms with van der Waals surface area (Å²) >= 11 is 1.84. The van der Waals surface area contributed by atoms with E-state index in [9.17, 15) is 0 Å². The molecule has 1 aromatic heterocycles. The summed E-state index contributed by atoms with van der Waals surface area (Å²) in [5.74, 6) is 1.57. The number of nitrogens with one attached hydrogen (secondary N) is 1. The second-order valence-electron chi connectivity index (χ2n) is 6.67. The Bertz CT molecular complexity index is 402. The number of aromatic nitrogens is 1. The van der Waals surface area contributed by atoms with E-state index >= 15 is 0 Å². The normalized spacial score (nSPS) is 23.2. The van der Waals surface area contributed by atoms with Crippen LogP contribution in [0.15, 0.2) is 6.20 Å². The zero-order valence-corrected chi connectivity index (χ0v) is 14.2. The first-order chi connectivity index (χ1) is 9.56. The molecule has 0 radical (unpaired) electrons. The highest BCUT2D eigenvalue weighted by atomic mass is 32.1. The van der Waals surface area contributed by atoms with Crippen molar-refractivity contribution < 1.29 is 0 Å². The van der Waals surface area contributed by atoms with Gasteiger partial charge in [-0.3, -0.25) is 0 Å². The van der Waals surface area contributed by atoms with Crippen LogP contribution in [0.5, 0.6) is 0 Å². The summed E-state index contributed by atoms with van der Waals surface area (Å²) < 4.78 is 0. The van der Waals surface area contributed by atoms with E-state index in [2.05, 4.69) is 43.0 Å². The van der Waals surface area contributed by atoms with Gasteiger partial charge >= 0.3 is 0 Å². The molecule has 2 unspecified atom stereocenters. The number of hydrogen-bond acceptors (Lipinski definition) is 4. The lowest BCUT2D eigenvalue weighted by Gasteiger charge is -2.33. The van der Waals surface area contributed by atoms with E-state index in [0.29, 0.717) is 12.0 Å². The Kier molecular flexibility index (Phi) is 5.85. The van der Waals surface area contributed by atoms with Crippen molar-refractivity contribution >= 4 is 16.5 Å². The molecule has 0 spiro atoms. The third-order valence-electron chi connectivity index (χ3n) is 4.15. The van der Waals surface area contributed by atoms with Gasteiger partial charge in [-0.1, -0.05) is 33.6 Å². The summed E-state index contributed by atoms with van der Waals surface area (Å²) in [6, 6.07) is 0.682. The van der Waals surface area contributed by atoms with E-state index in [1.54, 1.807) is 0 Å². The van der Waals surface area contributed by atoms with Gasteiger partial charge in [0, 0.05) is 30.7 Å². The van der Waals surface area contributed by atoms with E-state index in [1.165, 1.54) is 35.7 Å². The lowest BCUT2D eigenvalue weighted by molar-refractivity contribution is 0.336. The third kappa shape index (κ3) is 4.45. The lowest BCUT2D eigenvalue weighted by Crippen LogP contribution is -2.35. The van der Waals surface area contributed by atoms with Crippen LogP contribution >= 0.6 is 11.3 Å². The van der Waals surface area contributed by atoms with Gasteiger partial charge in [0.25, 0.3) is 0 Å². The average molecular weight is 295 g/mol. The van der Waals surface area contributed by atoms with Crippen LogP contribution in [0.4, 0.5) is 5.13 Å². The molecule has 0 amide bonds. The standard InChI is InChI=1S/C16H29N3S/c1-12(2)9-17-10-15-11-18-16(20-15)19(4)14-7-5-6-13(3)8-14/h11-14,17H,5-10H2,1-4H3. The second-order valence-corrected chi connectivity index (χ2v) is 7.76. The predicted molar refractivity (Wildman–Crippen MR) is 88.5 cm³/mol. The van der Waals surface area contributed by atoms with Gasteiger partial charge in [0.15, 0.2) is 5.13 Å². The van der Waals surface area contributed by atoms with Crippen molar-refractivity contribution in [1.29, 1.82) is 0 Å². The monoisotopic (exact) mass is 295 g/mol. The van der Waals surface area contributed by atoms with Gasteiger partial charge in [0.05, 0.1) is 0 Å². The summed E-state index contributed by atoms with van der Waals surface area (Å²) in [6.45, 7) is 8.88. The first-order valence-electron chi connectivity index (χ1n) is 7.94. The molecule has 2 atom stereocenters. The molecule has 1 saturated carbocycles. The molecule has 1 aliphatic carbocycles. The molecule has 3 nitrogen and oxygen atoms in total. The van der Waals surface area contributed by atoms with Crippen molar-refractivity contribution in [2.45, 2.75) is 59.0 Å². The second kappa shape index (κ2) is 7.41. The summed E-state index contributed by atoms with van der Waals surface area (Å²) in [5, 5.41) is 4.68. The smallest absolute Gasteiger partial charge is 0.185 e. The van der Waals surface area contributed by atoms with Crippen LogP contribution in [-0.4, -0.2) is 24.6 Å². The highest BCUT2D eigenvalue weighted by Crippen LogP contribution is 2.31. The molecule has 1 fully saturated rings. The average Bonchev–Trinajstić information content (AvgIpc) is 2.86.